The summed E-state index contributed by atoms with van der Waals surface area (Å²) in [5.74, 6) is 0. The maximum absolute atomic E-state index is 5.27. The molecule has 0 radical (unpaired) electrons. The quantitative estimate of drug-likeness (QED) is 0.662. The van der Waals surface area contributed by atoms with Crippen molar-refractivity contribution in [3.05, 3.63) is 23.4 Å². The highest BCUT2D eigenvalue weighted by atomic mass is 16.5. The summed E-state index contributed by atoms with van der Waals surface area (Å²) in [4.78, 5) is 0. The molecule has 0 fully saturated rings. The van der Waals surface area contributed by atoms with Crippen molar-refractivity contribution in [3.63, 3.8) is 0 Å². The first-order valence-electron chi connectivity index (χ1n) is 4.01. The summed E-state index contributed by atoms with van der Waals surface area (Å²) in [5, 5.41) is 3.25. The van der Waals surface area contributed by atoms with Gasteiger partial charge in [-0.2, -0.15) is 0 Å². The van der Waals surface area contributed by atoms with Gasteiger partial charge >= 0.3 is 0 Å². The van der Waals surface area contributed by atoms with E-state index in [0.717, 1.165) is 19.8 Å². The minimum atomic E-state index is 0.757. The molecule has 1 N–H and O–H groups in total. The van der Waals surface area contributed by atoms with E-state index in [9.17, 15) is 0 Å². The number of dihydropyridines is 1. The maximum atomic E-state index is 5.27. The molecule has 1 aliphatic heterocycles. The molecule has 0 atom stereocenters. The number of rotatable bonds is 3. The van der Waals surface area contributed by atoms with Crippen LogP contribution in [0.15, 0.2) is 23.4 Å². The molecule has 0 unspecified atom stereocenters. The Bertz CT molecular complexity index is 182. The number of hydrogen-bond donors (Lipinski definition) is 1. The molecule has 62 valence electrons. The van der Waals surface area contributed by atoms with Crippen LogP contribution in [0.25, 0.3) is 0 Å². The topological polar surface area (TPSA) is 21.3 Å². The molecule has 0 saturated carbocycles. The largest absolute Gasteiger partial charge is 0.385 e. The minimum Gasteiger partial charge on any atom is -0.385 e. The molecule has 11 heavy (non-hydrogen) atoms. The zero-order valence-electron chi connectivity index (χ0n) is 7.18. The molecular formula is C9H15NO. The van der Waals surface area contributed by atoms with Crippen molar-refractivity contribution in [1.29, 1.82) is 0 Å². The second kappa shape index (κ2) is 4.19. The molecule has 0 aromatic heterocycles. The summed E-state index contributed by atoms with van der Waals surface area (Å²) in [7, 11) is 0. The summed E-state index contributed by atoms with van der Waals surface area (Å²) < 4.78 is 5.27. The van der Waals surface area contributed by atoms with Gasteiger partial charge in [-0.3, -0.25) is 0 Å². The summed E-state index contributed by atoms with van der Waals surface area (Å²) >= 11 is 0. The average Bonchev–Trinajstić information content (AvgIpc) is 2.04. The fourth-order valence-corrected chi connectivity index (χ4v) is 0.946. The van der Waals surface area contributed by atoms with E-state index in [4.69, 9.17) is 4.74 Å². The third kappa shape index (κ3) is 2.76. The number of nitrogens with one attached hydrogen (secondary N) is 1. The molecule has 1 aliphatic rings. The highest BCUT2D eigenvalue weighted by Gasteiger charge is 2.00. The van der Waals surface area contributed by atoms with E-state index in [-0.39, 0.29) is 0 Å². The Labute approximate surface area is 67.9 Å². The Kier molecular flexibility index (Phi) is 3.17. The molecule has 1 rings (SSSR count). The molecular weight excluding hydrogens is 138 g/mol. The van der Waals surface area contributed by atoms with Gasteiger partial charge < -0.3 is 10.1 Å². The summed E-state index contributed by atoms with van der Waals surface area (Å²) in [6.45, 7) is 6.56. The van der Waals surface area contributed by atoms with E-state index in [1.165, 1.54) is 11.3 Å². The van der Waals surface area contributed by atoms with Gasteiger partial charge in [0.05, 0.1) is 6.61 Å². The molecule has 0 aliphatic carbocycles. The first-order chi connectivity index (χ1) is 5.33. The first-order valence-corrected chi connectivity index (χ1v) is 4.01. The predicted molar refractivity (Wildman–Crippen MR) is 46.3 cm³/mol. The Morgan fingerprint density at radius 2 is 2.36 bits per heavy atom. The molecule has 0 saturated heterocycles. The van der Waals surface area contributed by atoms with E-state index >= 15 is 0 Å². The average molecular weight is 153 g/mol. The van der Waals surface area contributed by atoms with Crippen LogP contribution in [-0.2, 0) is 4.74 Å². The van der Waals surface area contributed by atoms with Crippen molar-refractivity contribution in [3.8, 4) is 0 Å². The number of ether oxygens (including phenoxy) is 1. The first kappa shape index (κ1) is 8.34. The summed E-state index contributed by atoms with van der Waals surface area (Å²) in [6.07, 6.45) is 4.21. The van der Waals surface area contributed by atoms with Crippen LogP contribution < -0.4 is 5.32 Å². The molecule has 2 nitrogen and oxygen atoms in total. The van der Waals surface area contributed by atoms with Crippen LogP contribution in [0.3, 0.4) is 0 Å². The van der Waals surface area contributed by atoms with E-state index < -0.39 is 0 Å². The molecule has 2 heteroatoms. The Balaban J connectivity index is 2.35. The Morgan fingerprint density at radius 3 is 2.91 bits per heavy atom. The number of hydrogen-bond acceptors (Lipinski definition) is 2. The van der Waals surface area contributed by atoms with Gasteiger partial charge in [0.1, 0.15) is 0 Å². The van der Waals surface area contributed by atoms with Crippen LogP contribution in [0, 0.1) is 0 Å². The van der Waals surface area contributed by atoms with Gasteiger partial charge in [-0.1, -0.05) is 6.08 Å². The van der Waals surface area contributed by atoms with Gasteiger partial charge in [0.2, 0.25) is 0 Å². The van der Waals surface area contributed by atoms with Gasteiger partial charge in [-0.05, 0) is 25.5 Å². The normalized spacial score (nSPS) is 16.9. The zero-order chi connectivity index (χ0) is 8.10. The maximum Gasteiger partial charge on any atom is 0.0696 e. The lowest BCUT2D eigenvalue weighted by atomic mass is 10.2. The molecule has 0 spiro atoms. The van der Waals surface area contributed by atoms with E-state index in [2.05, 4.69) is 24.4 Å². The Hall–Kier alpha value is -0.760. The third-order valence-electron chi connectivity index (χ3n) is 1.65. The highest BCUT2D eigenvalue weighted by Crippen LogP contribution is 2.03. The van der Waals surface area contributed by atoms with Crippen molar-refractivity contribution in [1.82, 2.24) is 5.32 Å². The van der Waals surface area contributed by atoms with Gasteiger partial charge in [-0.25, -0.2) is 0 Å². The van der Waals surface area contributed by atoms with Crippen molar-refractivity contribution >= 4 is 0 Å². The van der Waals surface area contributed by atoms with Gasteiger partial charge in [0.15, 0.2) is 0 Å². The molecule has 0 aromatic rings. The van der Waals surface area contributed by atoms with E-state index in [1.807, 2.05) is 6.92 Å². The SMILES string of the molecule is CCOCC1=CC=C(C)NC1. The van der Waals surface area contributed by atoms with Crippen LogP contribution in [0.2, 0.25) is 0 Å². The van der Waals surface area contributed by atoms with Crippen molar-refractivity contribution < 1.29 is 4.74 Å². The monoisotopic (exact) mass is 153 g/mol. The van der Waals surface area contributed by atoms with Crippen LogP contribution in [0.1, 0.15) is 13.8 Å². The minimum absolute atomic E-state index is 0.757. The lowest BCUT2D eigenvalue weighted by Gasteiger charge is -2.14. The standard InChI is InChI=1S/C9H15NO/c1-3-11-7-9-5-4-8(2)10-6-9/h4-5,10H,3,6-7H2,1-2H3. The van der Waals surface area contributed by atoms with Gasteiger partial charge in [-0.15, -0.1) is 0 Å². The smallest absolute Gasteiger partial charge is 0.0696 e. The van der Waals surface area contributed by atoms with E-state index in [1.54, 1.807) is 0 Å². The second-order valence-corrected chi connectivity index (χ2v) is 2.67. The lowest BCUT2D eigenvalue weighted by molar-refractivity contribution is 0.169. The van der Waals surface area contributed by atoms with Gasteiger partial charge in [0.25, 0.3) is 0 Å². The van der Waals surface area contributed by atoms with Crippen molar-refractivity contribution in [2.24, 2.45) is 0 Å². The molecule has 1 heterocycles. The van der Waals surface area contributed by atoms with Gasteiger partial charge in [0, 0.05) is 18.8 Å². The summed E-state index contributed by atoms with van der Waals surface area (Å²) in [5.41, 5.74) is 2.54. The van der Waals surface area contributed by atoms with Crippen LogP contribution in [0.4, 0.5) is 0 Å². The van der Waals surface area contributed by atoms with Crippen LogP contribution in [0.5, 0.6) is 0 Å². The summed E-state index contributed by atoms with van der Waals surface area (Å²) in [6, 6.07) is 0. The highest BCUT2D eigenvalue weighted by molar-refractivity contribution is 5.22. The van der Waals surface area contributed by atoms with Crippen molar-refractivity contribution in [2.75, 3.05) is 19.8 Å². The zero-order valence-corrected chi connectivity index (χ0v) is 7.18. The predicted octanol–water partition coefficient (Wildman–Crippen LogP) is 1.46. The molecule has 0 aromatic carbocycles. The second-order valence-electron chi connectivity index (χ2n) is 2.67. The van der Waals surface area contributed by atoms with Crippen LogP contribution >= 0.6 is 0 Å². The fourth-order valence-electron chi connectivity index (χ4n) is 0.946. The van der Waals surface area contributed by atoms with E-state index in [0.29, 0.717) is 0 Å². The lowest BCUT2D eigenvalue weighted by Crippen LogP contribution is -2.20. The van der Waals surface area contributed by atoms with Crippen LogP contribution in [-0.4, -0.2) is 19.8 Å². The van der Waals surface area contributed by atoms with Crippen molar-refractivity contribution in [2.45, 2.75) is 13.8 Å². The fraction of sp³-hybridized carbons (Fsp3) is 0.556. The molecule has 0 amide bonds. The Morgan fingerprint density at radius 1 is 1.55 bits per heavy atom. The third-order valence-corrected chi connectivity index (χ3v) is 1.65. The molecule has 0 bridgehead atoms. The number of allylic oxidation sites excluding steroid dienone is 3.